The van der Waals surface area contributed by atoms with Crippen LogP contribution in [0.1, 0.15) is 26.7 Å². The predicted molar refractivity (Wildman–Crippen MR) is 72.3 cm³/mol. The Labute approximate surface area is 111 Å². The van der Waals surface area contributed by atoms with E-state index in [1.54, 1.807) is 6.20 Å². The topological polar surface area (TPSA) is 55.6 Å². The SMILES string of the molecule is CCCNc1ncc(F)c(-c2nccn2CCC)n1. The van der Waals surface area contributed by atoms with Crippen LogP contribution in [0.2, 0.25) is 0 Å². The van der Waals surface area contributed by atoms with E-state index in [2.05, 4.69) is 27.2 Å². The van der Waals surface area contributed by atoms with Crippen molar-refractivity contribution in [2.24, 2.45) is 0 Å². The number of hydrogen-bond acceptors (Lipinski definition) is 4. The van der Waals surface area contributed by atoms with Gasteiger partial charge in [0, 0.05) is 25.5 Å². The fourth-order valence-electron chi connectivity index (χ4n) is 1.79. The molecule has 0 unspecified atom stereocenters. The molecule has 0 radical (unpaired) electrons. The van der Waals surface area contributed by atoms with Gasteiger partial charge >= 0.3 is 0 Å². The molecular weight excluding hydrogens is 245 g/mol. The summed E-state index contributed by atoms with van der Waals surface area (Å²) >= 11 is 0. The van der Waals surface area contributed by atoms with Gasteiger partial charge in [-0.05, 0) is 12.8 Å². The molecule has 1 N–H and O–H groups in total. The molecule has 2 heterocycles. The van der Waals surface area contributed by atoms with Gasteiger partial charge in [-0.2, -0.15) is 0 Å². The Bertz CT molecular complexity index is 538. The van der Waals surface area contributed by atoms with Crippen LogP contribution in [-0.2, 0) is 6.54 Å². The van der Waals surface area contributed by atoms with Gasteiger partial charge in [0.2, 0.25) is 5.95 Å². The van der Waals surface area contributed by atoms with E-state index in [1.807, 2.05) is 17.7 Å². The third-order valence-corrected chi connectivity index (χ3v) is 2.67. The number of rotatable bonds is 6. The van der Waals surface area contributed by atoms with E-state index in [1.165, 1.54) is 6.20 Å². The molecule has 0 spiro atoms. The number of nitrogens with zero attached hydrogens (tertiary/aromatic N) is 4. The number of nitrogens with one attached hydrogen (secondary N) is 1. The molecule has 6 heteroatoms. The summed E-state index contributed by atoms with van der Waals surface area (Å²) in [6.45, 7) is 5.66. The Balaban J connectivity index is 2.34. The first-order valence-corrected chi connectivity index (χ1v) is 6.54. The van der Waals surface area contributed by atoms with Crippen molar-refractivity contribution in [2.75, 3.05) is 11.9 Å². The van der Waals surface area contributed by atoms with Gasteiger partial charge in [-0.15, -0.1) is 0 Å². The number of aromatic nitrogens is 4. The lowest BCUT2D eigenvalue weighted by Gasteiger charge is -2.08. The zero-order chi connectivity index (χ0) is 13.7. The minimum absolute atomic E-state index is 0.243. The molecule has 0 saturated carbocycles. The average Bonchev–Trinajstić information content (AvgIpc) is 2.86. The van der Waals surface area contributed by atoms with Crippen molar-refractivity contribution in [2.45, 2.75) is 33.2 Å². The molecule has 2 aromatic heterocycles. The summed E-state index contributed by atoms with van der Waals surface area (Å²) in [5.74, 6) is 0.524. The van der Waals surface area contributed by atoms with Crippen molar-refractivity contribution in [1.29, 1.82) is 0 Å². The molecule has 102 valence electrons. The fraction of sp³-hybridized carbons (Fsp3) is 0.462. The highest BCUT2D eigenvalue weighted by Gasteiger charge is 2.14. The summed E-state index contributed by atoms with van der Waals surface area (Å²) in [5, 5.41) is 3.05. The Morgan fingerprint density at radius 2 is 2.11 bits per heavy atom. The van der Waals surface area contributed by atoms with Crippen LogP contribution in [0.25, 0.3) is 11.5 Å². The molecule has 19 heavy (non-hydrogen) atoms. The zero-order valence-corrected chi connectivity index (χ0v) is 11.2. The van der Waals surface area contributed by atoms with Crippen LogP contribution in [0, 0.1) is 5.82 Å². The van der Waals surface area contributed by atoms with Gasteiger partial charge in [0.1, 0.15) is 5.69 Å². The smallest absolute Gasteiger partial charge is 0.223 e. The molecule has 0 fully saturated rings. The van der Waals surface area contributed by atoms with Crippen LogP contribution in [0.3, 0.4) is 0 Å². The molecule has 5 nitrogen and oxygen atoms in total. The molecule has 0 aliphatic heterocycles. The lowest BCUT2D eigenvalue weighted by atomic mass is 10.3. The average molecular weight is 263 g/mol. The second-order valence-corrected chi connectivity index (χ2v) is 4.26. The fourth-order valence-corrected chi connectivity index (χ4v) is 1.79. The second-order valence-electron chi connectivity index (χ2n) is 4.26. The van der Waals surface area contributed by atoms with E-state index in [9.17, 15) is 4.39 Å². The number of aryl methyl sites for hydroxylation is 1. The molecule has 0 aromatic carbocycles. The summed E-state index contributed by atoms with van der Waals surface area (Å²) in [6, 6.07) is 0. The maximum atomic E-state index is 13.9. The standard InChI is InChI=1S/C13H18FN5/c1-3-5-16-13-17-9-10(14)11(18-13)12-15-6-8-19(12)7-4-2/h6,8-9H,3-5,7H2,1-2H3,(H,16,17,18). The first-order chi connectivity index (χ1) is 9.26. The van der Waals surface area contributed by atoms with Crippen molar-refractivity contribution < 1.29 is 4.39 Å². The van der Waals surface area contributed by atoms with Gasteiger partial charge in [0.05, 0.1) is 6.20 Å². The van der Waals surface area contributed by atoms with E-state index in [4.69, 9.17) is 0 Å². The summed E-state index contributed by atoms with van der Waals surface area (Å²) in [4.78, 5) is 12.3. The van der Waals surface area contributed by atoms with Gasteiger partial charge in [-0.3, -0.25) is 0 Å². The molecule has 0 bridgehead atoms. The Morgan fingerprint density at radius 1 is 1.26 bits per heavy atom. The number of anilines is 1. The van der Waals surface area contributed by atoms with Crippen LogP contribution in [0.4, 0.5) is 10.3 Å². The van der Waals surface area contributed by atoms with Gasteiger partial charge in [0.15, 0.2) is 11.6 Å². The van der Waals surface area contributed by atoms with Gasteiger partial charge < -0.3 is 9.88 Å². The monoisotopic (exact) mass is 263 g/mol. The Morgan fingerprint density at radius 3 is 2.84 bits per heavy atom. The molecule has 2 rings (SSSR count). The summed E-state index contributed by atoms with van der Waals surface area (Å²) in [7, 11) is 0. The first-order valence-electron chi connectivity index (χ1n) is 6.54. The molecule has 0 aliphatic rings. The number of hydrogen-bond donors (Lipinski definition) is 1. The van der Waals surface area contributed by atoms with Crippen molar-refractivity contribution in [3.63, 3.8) is 0 Å². The van der Waals surface area contributed by atoms with Crippen LogP contribution in [0.15, 0.2) is 18.6 Å². The maximum absolute atomic E-state index is 13.9. The van der Waals surface area contributed by atoms with Crippen molar-refractivity contribution in [3.05, 3.63) is 24.4 Å². The quantitative estimate of drug-likeness (QED) is 0.870. The van der Waals surface area contributed by atoms with Crippen LogP contribution >= 0.6 is 0 Å². The lowest BCUT2D eigenvalue weighted by molar-refractivity contribution is 0.610. The van der Waals surface area contributed by atoms with E-state index in [-0.39, 0.29) is 5.69 Å². The van der Waals surface area contributed by atoms with E-state index in [0.717, 1.165) is 25.9 Å². The van der Waals surface area contributed by atoms with Crippen LogP contribution in [0.5, 0.6) is 0 Å². The largest absolute Gasteiger partial charge is 0.354 e. The van der Waals surface area contributed by atoms with E-state index < -0.39 is 5.82 Å². The summed E-state index contributed by atoms with van der Waals surface area (Å²) in [5.41, 5.74) is 0.243. The predicted octanol–water partition coefficient (Wildman–Crippen LogP) is 2.71. The zero-order valence-electron chi connectivity index (χ0n) is 11.2. The lowest BCUT2D eigenvalue weighted by Crippen LogP contribution is -2.08. The van der Waals surface area contributed by atoms with Gasteiger partial charge in [-0.1, -0.05) is 13.8 Å². The van der Waals surface area contributed by atoms with Crippen LogP contribution in [-0.4, -0.2) is 26.1 Å². The Hall–Kier alpha value is -1.98. The van der Waals surface area contributed by atoms with Crippen molar-refractivity contribution in [1.82, 2.24) is 19.5 Å². The first kappa shape index (κ1) is 13.5. The molecule has 0 saturated heterocycles. The molecular formula is C13H18FN5. The molecule has 0 amide bonds. The normalized spacial score (nSPS) is 10.7. The second kappa shape index (κ2) is 6.26. The highest BCUT2D eigenvalue weighted by atomic mass is 19.1. The number of halogens is 1. The Kier molecular flexibility index (Phi) is 4.43. The minimum atomic E-state index is -0.453. The van der Waals surface area contributed by atoms with E-state index >= 15 is 0 Å². The van der Waals surface area contributed by atoms with E-state index in [0.29, 0.717) is 11.8 Å². The third kappa shape index (κ3) is 3.07. The van der Waals surface area contributed by atoms with Crippen molar-refractivity contribution in [3.8, 4) is 11.5 Å². The highest BCUT2D eigenvalue weighted by Crippen LogP contribution is 2.19. The van der Waals surface area contributed by atoms with Gasteiger partial charge in [-0.25, -0.2) is 19.3 Å². The third-order valence-electron chi connectivity index (χ3n) is 2.67. The molecule has 2 aromatic rings. The maximum Gasteiger partial charge on any atom is 0.223 e. The summed E-state index contributed by atoms with van der Waals surface area (Å²) < 4.78 is 15.8. The highest BCUT2D eigenvalue weighted by molar-refractivity contribution is 5.52. The van der Waals surface area contributed by atoms with Crippen molar-refractivity contribution >= 4 is 5.95 Å². The van der Waals surface area contributed by atoms with Gasteiger partial charge in [0.25, 0.3) is 0 Å². The molecule has 0 atom stereocenters. The number of imidazole rings is 1. The van der Waals surface area contributed by atoms with Crippen LogP contribution < -0.4 is 5.32 Å². The molecule has 0 aliphatic carbocycles. The minimum Gasteiger partial charge on any atom is -0.354 e. The summed E-state index contributed by atoms with van der Waals surface area (Å²) in [6.07, 6.45) is 6.59.